The van der Waals surface area contributed by atoms with Gasteiger partial charge in [0.25, 0.3) is 5.91 Å². The van der Waals surface area contributed by atoms with Gasteiger partial charge in [0.15, 0.2) is 0 Å². The fourth-order valence-corrected chi connectivity index (χ4v) is 2.58. The minimum absolute atomic E-state index is 0.186. The van der Waals surface area contributed by atoms with Crippen molar-refractivity contribution in [1.29, 1.82) is 0 Å². The molecule has 0 bridgehead atoms. The monoisotopic (exact) mass is 368 g/mol. The van der Waals surface area contributed by atoms with Crippen LogP contribution < -0.4 is 5.32 Å². The van der Waals surface area contributed by atoms with Gasteiger partial charge in [-0.05, 0) is 38.1 Å². The highest BCUT2D eigenvalue weighted by molar-refractivity contribution is 5.98. The predicted molar refractivity (Wildman–Crippen MR) is 95.6 cm³/mol. The number of aryl methyl sites for hydroxylation is 2. The van der Waals surface area contributed by atoms with Crippen molar-refractivity contribution >= 4 is 17.6 Å². The quantitative estimate of drug-likeness (QED) is 0.689. The predicted octanol–water partition coefficient (Wildman–Crippen LogP) is 3.97. The second kappa shape index (κ2) is 7.82. The van der Waals surface area contributed by atoms with E-state index in [0.717, 1.165) is 0 Å². The summed E-state index contributed by atoms with van der Waals surface area (Å²) in [6.45, 7) is 3.20. The Morgan fingerprint density at radius 1 is 1.07 bits per heavy atom. The number of carbonyl (C=O) groups is 2. The summed E-state index contributed by atoms with van der Waals surface area (Å²) in [6, 6.07) is 13.9. The second-order valence-corrected chi connectivity index (χ2v) is 5.89. The topological polar surface area (TPSA) is 81.4 Å². The molecule has 1 heterocycles. The van der Waals surface area contributed by atoms with E-state index in [4.69, 9.17) is 9.26 Å². The molecule has 0 fully saturated rings. The Balaban J connectivity index is 1.86. The van der Waals surface area contributed by atoms with Crippen LogP contribution in [0.15, 0.2) is 59.1 Å². The van der Waals surface area contributed by atoms with E-state index < -0.39 is 23.8 Å². The lowest BCUT2D eigenvalue weighted by Crippen LogP contribution is -2.26. The van der Waals surface area contributed by atoms with E-state index in [0.29, 0.717) is 22.7 Å². The van der Waals surface area contributed by atoms with Crippen LogP contribution in [0.1, 0.15) is 33.5 Å². The van der Waals surface area contributed by atoms with Gasteiger partial charge in [-0.2, -0.15) is 0 Å². The molecule has 138 valence electrons. The Morgan fingerprint density at radius 2 is 1.74 bits per heavy atom. The van der Waals surface area contributed by atoms with Crippen LogP contribution >= 0.6 is 0 Å². The summed E-state index contributed by atoms with van der Waals surface area (Å²) in [4.78, 5) is 25.3. The van der Waals surface area contributed by atoms with Gasteiger partial charge >= 0.3 is 5.97 Å². The maximum atomic E-state index is 13.1. The Labute approximate surface area is 154 Å². The first kappa shape index (κ1) is 18.3. The smallest absolute Gasteiger partial charge is 0.344 e. The van der Waals surface area contributed by atoms with Gasteiger partial charge in [0.05, 0.1) is 5.69 Å². The van der Waals surface area contributed by atoms with Crippen LogP contribution in [0.5, 0.6) is 0 Å². The third kappa shape index (κ3) is 4.20. The molecule has 6 nitrogen and oxygen atoms in total. The van der Waals surface area contributed by atoms with Gasteiger partial charge in [-0.25, -0.2) is 9.18 Å². The zero-order chi connectivity index (χ0) is 19.4. The highest BCUT2D eigenvalue weighted by atomic mass is 19.1. The van der Waals surface area contributed by atoms with Crippen LogP contribution in [-0.2, 0) is 9.53 Å². The summed E-state index contributed by atoms with van der Waals surface area (Å²) in [5.74, 6) is -1.39. The van der Waals surface area contributed by atoms with Crippen molar-refractivity contribution in [2.45, 2.75) is 20.0 Å². The first-order valence-electron chi connectivity index (χ1n) is 8.21. The van der Waals surface area contributed by atoms with Gasteiger partial charge in [-0.1, -0.05) is 35.5 Å². The van der Waals surface area contributed by atoms with Gasteiger partial charge in [0.2, 0.25) is 6.10 Å². The number of esters is 1. The lowest BCUT2D eigenvalue weighted by molar-refractivity contribution is -0.125. The lowest BCUT2D eigenvalue weighted by Gasteiger charge is -2.18. The van der Waals surface area contributed by atoms with Gasteiger partial charge in [-0.15, -0.1) is 0 Å². The Hall–Kier alpha value is -3.48. The fourth-order valence-electron chi connectivity index (χ4n) is 2.58. The molecule has 0 spiro atoms. The normalized spacial score (nSPS) is 11.7. The second-order valence-electron chi connectivity index (χ2n) is 5.89. The fraction of sp³-hybridized carbons (Fsp3) is 0.150. The number of anilines is 1. The summed E-state index contributed by atoms with van der Waals surface area (Å²) < 4.78 is 23.5. The van der Waals surface area contributed by atoms with Crippen LogP contribution in [0, 0.1) is 19.7 Å². The third-order valence-corrected chi connectivity index (χ3v) is 3.91. The SMILES string of the molecule is Cc1noc(C)c1C(=O)OC(C(=O)Nc1ccc(F)cc1)c1ccccc1. The number of benzene rings is 2. The molecule has 0 radical (unpaired) electrons. The number of carbonyl (C=O) groups excluding carboxylic acids is 2. The van der Waals surface area contributed by atoms with Gasteiger partial charge in [0.1, 0.15) is 17.1 Å². The highest BCUT2D eigenvalue weighted by Gasteiger charge is 2.28. The molecular formula is C20H17FN2O4. The zero-order valence-corrected chi connectivity index (χ0v) is 14.7. The summed E-state index contributed by atoms with van der Waals surface area (Å²) >= 11 is 0. The number of hydrogen-bond donors (Lipinski definition) is 1. The molecule has 0 aliphatic rings. The third-order valence-electron chi connectivity index (χ3n) is 3.91. The largest absolute Gasteiger partial charge is 0.444 e. The molecule has 0 aliphatic carbocycles. The average Bonchev–Trinajstić information content (AvgIpc) is 3.00. The minimum atomic E-state index is -1.20. The maximum absolute atomic E-state index is 13.1. The molecule has 2 aromatic carbocycles. The molecule has 1 unspecified atom stereocenters. The van der Waals surface area contributed by atoms with Crippen molar-refractivity contribution in [2.24, 2.45) is 0 Å². The van der Waals surface area contributed by atoms with E-state index in [2.05, 4.69) is 10.5 Å². The number of hydrogen-bond acceptors (Lipinski definition) is 5. The number of nitrogens with one attached hydrogen (secondary N) is 1. The summed E-state index contributed by atoms with van der Waals surface area (Å²) in [7, 11) is 0. The molecule has 3 rings (SSSR count). The number of nitrogens with zero attached hydrogens (tertiary/aromatic N) is 1. The van der Waals surface area contributed by atoms with Crippen LogP contribution in [0.2, 0.25) is 0 Å². The van der Waals surface area contributed by atoms with Crippen molar-refractivity contribution in [3.05, 3.63) is 83.0 Å². The Bertz CT molecular complexity index is 932. The van der Waals surface area contributed by atoms with E-state index in [1.807, 2.05) is 0 Å². The summed E-state index contributed by atoms with van der Waals surface area (Å²) in [5, 5.41) is 6.35. The van der Waals surface area contributed by atoms with E-state index in [9.17, 15) is 14.0 Å². The van der Waals surface area contributed by atoms with Crippen molar-refractivity contribution < 1.29 is 23.2 Å². The lowest BCUT2D eigenvalue weighted by atomic mass is 10.1. The Morgan fingerprint density at radius 3 is 2.33 bits per heavy atom. The van der Waals surface area contributed by atoms with Crippen LogP contribution in [0.3, 0.4) is 0 Å². The highest BCUT2D eigenvalue weighted by Crippen LogP contribution is 2.23. The molecule has 1 N–H and O–H groups in total. The van der Waals surface area contributed by atoms with Crippen molar-refractivity contribution in [3.8, 4) is 0 Å². The molecule has 1 aromatic heterocycles. The molecule has 27 heavy (non-hydrogen) atoms. The van der Waals surface area contributed by atoms with Gasteiger partial charge in [0, 0.05) is 11.3 Å². The number of amides is 1. The molecular weight excluding hydrogens is 351 g/mol. The molecule has 1 amide bonds. The molecule has 0 saturated heterocycles. The number of ether oxygens (including phenoxy) is 1. The maximum Gasteiger partial charge on any atom is 0.344 e. The number of halogens is 1. The van der Waals surface area contributed by atoms with E-state index in [1.165, 1.54) is 24.3 Å². The van der Waals surface area contributed by atoms with Gasteiger partial charge < -0.3 is 14.6 Å². The van der Waals surface area contributed by atoms with Crippen molar-refractivity contribution in [2.75, 3.05) is 5.32 Å². The van der Waals surface area contributed by atoms with Crippen LogP contribution in [0.4, 0.5) is 10.1 Å². The molecule has 0 saturated carbocycles. The summed E-state index contributed by atoms with van der Waals surface area (Å²) in [6.07, 6.45) is -1.20. The minimum Gasteiger partial charge on any atom is -0.444 e. The van der Waals surface area contributed by atoms with Crippen LogP contribution in [-0.4, -0.2) is 17.0 Å². The zero-order valence-electron chi connectivity index (χ0n) is 14.7. The van der Waals surface area contributed by atoms with Gasteiger partial charge in [-0.3, -0.25) is 4.79 Å². The van der Waals surface area contributed by atoms with Crippen molar-refractivity contribution in [1.82, 2.24) is 5.16 Å². The van der Waals surface area contributed by atoms with Crippen molar-refractivity contribution in [3.63, 3.8) is 0 Å². The van der Waals surface area contributed by atoms with E-state index >= 15 is 0 Å². The molecule has 3 aromatic rings. The number of aromatic nitrogens is 1. The van der Waals surface area contributed by atoms with E-state index in [1.54, 1.807) is 44.2 Å². The molecule has 1 atom stereocenters. The molecule has 0 aliphatic heterocycles. The standard InChI is InChI=1S/C20H17FN2O4/c1-12-17(13(2)27-23-12)20(25)26-18(14-6-4-3-5-7-14)19(24)22-16-10-8-15(21)9-11-16/h3-11,18H,1-2H3,(H,22,24). The first-order chi connectivity index (χ1) is 13.0. The number of rotatable bonds is 5. The van der Waals surface area contributed by atoms with E-state index in [-0.39, 0.29) is 5.56 Å². The van der Waals surface area contributed by atoms with Crippen LogP contribution in [0.25, 0.3) is 0 Å². The Kier molecular flexibility index (Phi) is 5.30. The molecule has 7 heteroatoms. The first-order valence-corrected chi connectivity index (χ1v) is 8.21. The average molecular weight is 368 g/mol. The summed E-state index contributed by atoms with van der Waals surface area (Å²) in [5.41, 5.74) is 1.45.